The van der Waals surface area contributed by atoms with E-state index >= 15 is 0 Å². The number of ether oxygens (including phenoxy) is 1. The first kappa shape index (κ1) is 22.9. The van der Waals surface area contributed by atoms with E-state index in [-0.39, 0.29) is 24.0 Å². The summed E-state index contributed by atoms with van der Waals surface area (Å²) in [4.78, 5) is 13.4. The predicted molar refractivity (Wildman–Crippen MR) is 134 cm³/mol. The smallest absolute Gasteiger partial charge is 0.194 e. The number of aromatic nitrogens is 3. The predicted octanol–water partition coefficient (Wildman–Crippen LogP) is 3.00. The van der Waals surface area contributed by atoms with Crippen molar-refractivity contribution in [2.45, 2.75) is 6.54 Å². The van der Waals surface area contributed by atoms with Gasteiger partial charge in [-0.2, -0.15) is 5.10 Å². The number of para-hydroxylation sites is 2. The number of benzene rings is 2. The number of anilines is 1. The third-order valence-corrected chi connectivity index (χ3v) is 5.28. The number of guanidine groups is 1. The lowest BCUT2D eigenvalue weighted by molar-refractivity contribution is 0.367. The molecule has 2 aromatic carbocycles. The van der Waals surface area contributed by atoms with Gasteiger partial charge in [-0.25, -0.2) is 4.98 Å². The molecule has 1 saturated heterocycles. The zero-order chi connectivity index (χ0) is 20.8. The molecule has 0 amide bonds. The number of H-pyrrole nitrogens is 1. The van der Waals surface area contributed by atoms with Crippen LogP contribution < -0.4 is 15.0 Å². The van der Waals surface area contributed by atoms with Gasteiger partial charge in [-0.15, -0.1) is 24.0 Å². The van der Waals surface area contributed by atoms with Crippen molar-refractivity contribution >= 4 is 35.6 Å². The van der Waals surface area contributed by atoms with Crippen LogP contribution in [0.4, 0.5) is 5.69 Å². The molecule has 0 aliphatic carbocycles. The number of methoxy groups -OCH3 is 1. The fraction of sp³-hybridized carbons (Fsp3) is 0.318. The average Bonchev–Trinajstić information content (AvgIpc) is 3.35. The molecule has 2 N–H and O–H groups in total. The van der Waals surface area contributed by atoms with Crippen molar-refractivity contribution in [3.8, 4) is 17.1 Å². The minimum Gasteiger partial charge on any atom is -0.495 e. The van der Waals surface area contributed by atoms with Gasteiger partial charge >= 0.3 is 0 Å². The Kier molecular flexibility index (Phi) is 8.10. The Morgan fingerprint density at radius 2 is 1.94 bits per heavy atom. The summed E-state index contributed by atoms with van der Waals surface area (Å²) < 4.78 is 5.52. The van der Waals surface area contributed by atoms with Gasteiger partial charge in [0.25, 0.3) is 0 Å². The summed E-state index contributed by atoms with van der Waals surface area (Å²) in [5.41, 5.74) is 3.33. The first-order valence-corrected chi connectivity index (χ1v) is 10.1. The molecule has 0 atom stereocenters. The number of hydrogen-bond acceptors (Lipinski definition) is 5. The topological polar surface area (TPSA) is 81.7 Å². The zero-order valence-corrected chi connectivity index (χ0v) is 20.1. The Bertz CT molecular complexity index is 985. The highest BCUT2D eigenvalue weighted by Gasteiger charge is 2.21. The number of nitrogens with zero attached hydrogens (tertiary/aromatic N) is 5. The maximum Gasteiger partial charge on any atom is 0.194 e. The molecular weight excluding hydrogens is 505 g/mol. The minimum absolute atomic E-state index is 0. The number of halogens is 1. The molecule has 0 spiro atoms. The van der Waals surface area contributed by atoms with E-state index in [1.54, 1.807) is 7.11 Å². The largest absolute Gasteiger partial charge is 0.495 e. The number of nitrogens with one attached hydrogen (secondary N) is 2. The minimum atomic E-state index is 0. The Morgan fingerprint density at radius 3 is 2.65 bits per heavy atom. The van der Waals surface area contributed by atoms with Gasteiger partial charge in [0.1, 0.15) is 12.1 Å². The Morgan fingerprint density at radius 1 is 1.13 bits per heavy atom. The number of hydrogen-bond donors (Lipinski definition) is 2. The fourth-order valence-corrected chi connectivity index (χ4v) is 3.74. The van der Waals surface area contributed by atoms with E-state index < -0.39 is 0 Å². The second-order valence-corrected chi connectivity index (χ2v) is 7.08. The van der Waals surface area contributed by atoms with Gasteiger partial charge in [-0.3, -0.25) is 10.1 Å². The highest BCUT2D eigenvalue weighted by molar-refractivity contribution is 14.0. The summed E-state index contributed by atoms with van der Waals surface area (Å²) in [6.45, 7) is 4.33. The van der Waals surface area contributed by atoms with Gasteiger partial charge in [0.15, 0.2) is 11.8 Å². The van der Waals surface area contributed by atoms with E-state index in [4.69, 9.17) is 4.74 Å². The SMILES string of the molecule is CN=C(NCc1cccc(-c2ncn[nH]2)c1)N1CCN(c2ccccc2OC)CC1.I. The van der Waals surface area contributed by atoms with Crippen LogP contribution in [0.1, 0.15) is 5.56 Å². The van der Waals surface area contributed by atoms with Crippen LogP contribution in [0.3, 0.4) is 0 Å². The summed E-state index contributed by atoms with van der Waals surface area (Å²) in [7, 11) is 3.55. The molecule has 2 heterocycles. The average molecular weight is 533 g/mol. The molecule has 0 saturated carbocycles. The lowest BCUT2D eigenvalue weighted by atomic mass is 10.1. The van der Waals surface area contributed by atoms with Crippen molar-refractivity contribution in [3.05, 3.63) is 60.4 Å². The maximum absolute atomic E-state index is 5.52. The monoisotopic (exact) mass is 533 g/mol. The molecule has 4 rings (SSSR count). The van der Waals surface area contributed by atoms with Crippen molar-refractivity contribution in [1.82, 2.24) is 25.4 Å². The molecule has 0 bridgehead atoms. The number of piperazine rings is 1. The molecule has 3 aromatic rings. The van der Waals surface area contributed by atoms with Gasteiger partial charge in [0, 0.05) is 45.3 Å². The molecule has 8 nitrogen and oxygen atoms in total. The summed E-state index contributed by atoms with van der Waals surface area (Å²) in [5, 5.41) is 10.3. The molecule has 164 valence electrons. The normalized spacial score (nSPS) is 14.2. The van der Waals surface area contributed by atoms with Crippen LogP contribution in [-0.2, 0) is 6.54 Å². The first-order valence-electron chi connectivity index (χ1n) is 10.1. The van der Waals surface area contributed by atoms with Crippen molar-refractivity contribution < 1.29 is 4.74 Å². The summed E-state index contributed by atoms with van der Waals surface area (Å²) >= 11 is 0. The van der Waals surface area contributed by atoms with Crippen LogP contribution in [0.25, 0.3) is 11.4 Å². The van der Waals surface area contributed by atoms with Gasteiger partial charge in [0.2, 0.25) is 0 Å². The van der Waals surface area contributed by atoms with Gasteiger partial charge in [-0.1, -0.05) is 30.3 Å². The molecule has 0 radical (unpaired) electrons. The van der Waals surface area contributed by atoms with Crippen molar-refractivity contribution in [2.24, 2.45) is 4.99 Å². The van der Waals surface area contributed by atoms with E-state index in [1.807, 2.05) is 31.3 Å². The summed E-state index contributed by atoms with van der Waals surface area (Å²) in [6.07, 6.45) is 1.52. The van der Waals surface area contributed by atoms with E-state index in [1.165, 1.54) is 6.33 Å². The van der Waals surface area contributed by atoms with Gasteiger partial charge in [0.05, 0.1) is 12.8 Å². The first-order chi connectivity index (χ1) is 14.8. The van der Waals surface area contributed by atoms with E-state index in [0.29, 0.717) is 6.54 Å². The Balaban J connectivity index is 0.00000272. The second-order valence-electron chi connectivity index (χ2n) is 7.08. The Labute approximate surface area is 199 Å². The van der Waals surface area contributed by atoms with Crippen LogP contribution in [0.5, 0.6) is 5.75 Å². The lowest BCUT2D eigenvalue weighted by Gasteiger charge is -2.38. The molecule has 31 heavy (non-hydrogen) atoms. The van der Waals surface area contributed by atoms with E-state index in [0.717, 1.165) is 60.5 Å². The third-order valence-electron chi connectivity index (χ3n) is 5.28. The quantitative estimate of drug-likeness (QED) is 0.298. The third kappa shape index (κ3) is 5.46. The Hall–Kier alpha value is -2.82. The molecule has 1 aliphatic rings. The molecule has 1 aromatic heterocycles. The van der Waals surface area contributed by atoms with Gasteiger partial charge in [-0.05, 0) is 23.8 Å². The van der Waals surface area contributed by atoms with E-state index in [9.17, 15) is 0 Å². The highest BCUT2D eigenvalue weighted by atomic mass is 127. The van der Waals surface area contributed by atoms with Crippen molar-refractivity contribution in [1.29, 1.82) is 0 Å². The molecule has 1 aliphatic heterocycles. The number of aromatic amines is 1. The molecular formula is C22H28IN7O. The lowest BCUT2D eigenvalue weighted by Crippen LogP contribution is -2.52. The maximum atomic E-state index is 5.52. The molecule has 0 unspecified atom stereocenters. The second kappa shape index (κ2) is 11.0. The van der Waals surface area contributed by atoms with Crippen LogP contribution >= 0.6 is 24.0 Å². The fourth-order valence-electron chi connectivity index (χ4n) is 3.74. The van der Waals surface area contributed by atoms with Crippen LogP contribution in [0.2, 0.25) is 0 Å². The van der Waals surface area contributed by atoms with Crippen LogP contribution in [-0.4, -0.2) is 66.4 Å². The van der Waals surface area contributed by atoms with Crippen molar-refractivity contribution in [3.63, 3.8) is 0 Å². The number of rotatable bonds is 5. The standard InChI is InChI=1S/C22H27N7O.HI/c1-23-22(24-15-17-6-5-7-18(14-17)21-25-16-26-27-21)29-12-10-28(11-13-29)19-8-3-4-9-20(19)30-2;/h3-9,14,16H,10-13,15H2,1-2H3,(H,23,24)(H,25,26,27);1H. The highest BCUT2D eigenvalue weighted by Crippen LogP contribution is 2.28. The van der Waals surface area contributed by atoms with Crippen LogP contribution in [0.15, 0.2) is 59.9 Å². The van der Waals surface area contributed by atoms with Crippen LogP contribution in [0, 0.1) is 0 Å². The van der Waals surface area contributed by atoms with E-state index in [2.05, 4.69) is 59.6 Å². The molecule has 9 heteroatoms. The summed E-state index contributed by atoms with van der Waals surface area (Å²) in [5.74, 6) is 2.61. The van der Waals surface area contributed by atoms with Gasteiger partial charge < -0.3 is 19.9 Å². The summed E-state index contributed by atoms with van der Waals surface area (Å²) in [6, 6.07) is 16.4. The molecule has 1 fully saturated rings. The zero-order valence-electron chi connectivity index (χ0n) is 17.8. The van der Waals surface area contributed by atoms with Crippen molar-refractivity contribution in [2.75, 3.05) is 45.2 Å². The number of aliphatic imine (C=N–C) groups is 1.